The second-order valence-electron chi connectivity index (χ2n) is 7.92. The van der Waals surface area contributed by atoms with Gasteiger partial charge in [-0.25, -0.2) is 14.6 Å². The predicted molar refractivity (Wildman–Crippen MR) is 130 cm³/mol. The summed E-state index contributed by atoms with van der Waals surface area (Å²) in [4.78, 5) is 40.2. The molecule has 190 valence electrons. The maximum Gasteiger partial charge on any atom is 0.416 e. The summed E-state index contributed by atoms with van der Waals surface area (Å²) in [7, 11) is 0. The highest BCUT2D eigenvalue weighted by atomic mass is 35.5. The summed E-state index contributed by atoms with van der Waals surface area (Å²) < 4.78 is 38.3. The van der Waals surface area contributed by atoms with Gasteiger partial charge in [-0.2, -0.15) is 13.2 Å². The number of nitrogens with one attached hydrogen (secondary N) is 3. The smallest absolute Gasteiger partial charge is 0.416 e. The molecule has 0 aliphatic carbocycles. The topological polar surface area (TPSA) is 120 Å². The van der Waals surface area contributed by atoms with Crippen molar-refractivity contribution >= 4 is 52.2 Å². The van der Waals surface area contributed by atoms with Crippen LogP contribution in [0.5, 0.6) is 0 Å². The van der Waals surface area contributed by atoms with E-state index in [0.717, 1.165) is 29.5 Å². The van der Waals surface area contributed by atoms with E-state index in [1.165, 1.54) is 0 Å². The average Bonchev–Trinajstić information content (AvgIpc) is 3.28. The summed E-state index contributed by atoms with van der Waals surface area (Å²) >= 11 is 6.91. The highest BCUT2D eigenvalue weighted by Gasteiger charge is 2.31. The van der Waals surface area contributed by atoms with Crippen LogP contribution in [0.3, 0.4) is 0 Å². The molecule has 0 fully saturated rings. The second-order valence-corrected chi connectivity index (χ2v) is 9.19. The Morgan fingerprint density at radius 2 is 1.72 bits per heavy atom. The van der Waals surface area contributed by atoms with E-state index in [0.29, 0.717) is 16.9 Å². The van der Waals surface area contributed by atoms with Gasteiger partial charge in [0.05, 0.1) is 22.0 Å². The minimum absolute atomic E-state index is 0.00895. The zero-order valence-corrected chi connectivity index (χ0v) is 20.4. The molecule has 1 atom stereocenters. The number of urea groups is 1. The average molecular weight is 541 g/mol. The van der Waals surface area contributed by atoms with Crippen LogP contribution in [0.2, 0.25) is 5.02 Å². The van der Waals surface area contributed by atoms with Gasteiger partial charge in [0.1, 0.15) is 6.04 Å². The maximum absolute atomic E-state index is 12.8. The number of aliphatic carboxylic acids is 1. The van der Waals surface area contributed by atoms with Crippen molar-refractivity contribution < 1.29 is 32.7 Å². The summed E-state index contributed by atoms with van der Waals surface area (Å²) in [5.41, 5.74) is 0.580. The van der Waals surface area contributed by atoms with Crippen molar-refractivity contribution in [2.24, 2.45) is 5.92 Å². The molecule has 1 unspecified atom stereocenters. The van der Waals surface area contributed by atoms with Crippen LogP contribution in [-0.4, -0.2) is 34.0 Å². The molecule has 8 nitrogen and oxygen atoms in total. The summed E-state index contributed by atoms with van der Waals surface area (Å²) in [5.74, 6) is -2.04. The minimum Gasteiger partial charge on any atom is -0.480 e. The number of aromatic nitrogens is 1. The van der Waals surface area contributed by atoms with Gasteiger partial charge in [-0.1, -0.05) is 37.6 Å². The molecule has 0 aliphatic rings. The van der Waals surface area contributed by atoms with Gasteiger partial charge >= 0.3 is 18.2 Å². The number of rotatable bonds is 7. The first-order valence-corrected chi connectivity index (χ1v) is 11.7. The van der Waals surface area contributed by atoms with Crippen LogP contribution in [0, 0.1) is 5.92 Å². The van der Waals surface area contributed by atoms with E-state index in [1.54, 1.807) is 43.5 Å². The molecule has 0 radical (unpaired) electrons. The number of hydrogen-bond acceptors (Lipinski definition) is 5. The van der Waals surface area contributed by atoms with Gasteiger partial charge in [0, 0.05) is 16.6 Å². The van der Waals surface area contributed by atoms with Crippen molar-refractivity contribution in [3.8, 4) is 11.3 Å². The van der Waals surface area contributed by atoms with Crippen molar-refractivity contribution in [2.75, 3.05) is 10.6 Å². The zero-order valence-electron chi connectivity index (χ0n) is 18.8. The molecular formula is C23H20ClF3N4O4S. The number of amides is 3. The van der Waals surface area contributed by atoms with E-state index >= 15 is 0 Å². The molecule has 0 aliphatic heterocycles. The van der Waals surface area contributed by atoms with Crippen LogP contribution in [0.1, 0.15) is 29.2 Å². The van der Waals surface area contributed by atoms with Crippen LogP contribution in [0.4, 0.5) is 29.3 Å². The number of thiazole rings is 1. The Morgan fingerprint density at radius 1 is 1.06 bits per heavy atom. The van der Waals surface area contributed by atoms with E-state index in [1.807, 2.05) is 0 Å². The Hall–Kier alpha value is -3.64. The first-order valence-electron chi connectivity index (χ1n) is 10.4. The standard InChI is InChI=1S/C23H20ClF3N4O4S/c1-11(2)18(21(33)34)31-19(32)20-29-17(10-36-20)12-3-6-14(7-4-12)28-22(35)30-16-8-5-13(9-15(16)24)23(25,26)27/h3-11,18H,1-2H3,(H,31,32)(H,33,34)(H2,28,30,35). The van der Waals surface area contributed by atoms with Crippen LogP contribution in [0.25, 0.3) is 11.3 Å². The normalized spacial score (nSPS) is 12.2. The predicted octanol–water partition coefficient (Wildman–Crippen LogP) is 5.97. The third-order valence-corrected chi connectivity index (χ3v) is 6.05. The summed E-state index contributed by atoms with van der Waals surface area (Å²) in [5, 5.41) is 18.1. The van der Waals surface area contributed by atoms with Crippen LogP contribution in [-0.2, 0) is 11.0 Å². The highest BCUT2D eigenvalue weighted by Crippen LogP contribution is 2.34. The monoisotopic (exact) mass is 540 g/mol. The lowest BCUT2D eigenvalue weighted by atomic mass is 10.1. The van der Waals surface area contributed by atoms with Gasteiger partial charge in [-0.3, -0.25) is 4.79 Å². The Kier molecular flexibility index (Phi) is 8.21. The highest BCUT2D eigenvalue weighted by molar-refractivity contribution is 7.12. The number of carboxylic acids is 1. The first kappa shape index (κ1) is 27.0. The lowest BCUT2D eigenvalue weighted by molar-refractivity contribution is -0.140. The van der Waals surface area contributed by atoms with Gasteiger partial charge < -0.3 is 21.1 Å². The molecule has 0 spiro atoms. The fourth-order valence-electron chi connectivity index (χ4n) is 3.03. The first-order chi connectivity index (χ1) is 16.8. The van der Waals surface area contributed by atoms with Gasteiger partial charge in [-0.05, 0) is 36.2 Å². The molecule has 1 aromatic heterocycles. The quantitative estimate of drug-likeness (QED) is 0.294. The third kappa shape index (κ3) is 6.73. The van der Waals surface area contributed by atoms with E-state index in [-0.39, 0.29) is 21.6 Å². The molecule has 36 heavy (non-hydrogen) atoms. The fraction of sp³-hybridized carbons (Fsp3) is 0.217. The zero-order chi connectivity index (χ0) is 26.6. The number of hydrogen-bond donors (Lipinski definition) is 4. The number of anilines is 2. The third-order valence-electron chi connectivity index (χ3n) is 4.90. The molecule has 3 amide bonds. The van der Waals surface area contributed by atoms with Crippen molar-refractivity contribution in [3.63, 3.8) is 0 Å². The van der Waals surface area contributed by atoms with Crippen molar-refractivity contribution in [1.29, 1.82) is 0 Å². The lowest BCUT2D eigenvalue weighted by Crippen LogP contribution is -2.44. The number of carbonyl (C=O) groups excluding carboxylic acids is 2. The van der Waals surface area contributed by atoms with Crippen molar-refractivity contribution in [1.82, 2.24) is 10.3 Å². The Labute approximate surface area is 212 Å². The molecular weight excluding hydrogens is 521 g/mol. The van der Waals surface area contributed by atoms with Crippen molar-refractivity contribution in [3.05, 3.63) is 63.4 Å². The lowest BCUT2D eigenvalue weighted by Gasteiger charge is -2.16. The molecule has 1 heterocycles. The number of alkyl halides is 3. The number of nitrogens with zero attached hydrogens (tertiary/aromatic N) is 1. The van der Waals surface area contributed by atoms with Crippen molar-refractivity contribution in [2.45, 2.75) is 26.1 Å². The van der Waals surface area contributed by atoms with E-state index in [9.17, 15) is 32.7 Å². The number of carbonyl (C=O) groups is 3. The molecule has 4 N–H and O–H groups in total. The van der Waals surface area contributed by atoms with Crippen LogP contribution in [0.15, 0.2) is 47.8 Å². The molecule has 13 heteroatoms. The van der Waals surface area contributed by atoms with Gasteiger partial charge in [0.2, 0.25) is 0 Å². The number of halogens is 4. The Bertz CT molecular complexity index is 1280. The number of carboxylic acid groups (broad SMARTS) is 1. The SMILES string of the molecule is CC(C)C(NC(=O)c1nc(-c2ccc(NC(=O)Nc3ccc(C(F)(F)F)cc3Cl)cc2)cs1)C(=O)O. The van der Waals surface area contributed by atoms with Crippen LogP contribution < -0.4 is 16.0 Å². The molecule has 3 rings (SSSR count). The molecule has 0 saturated heterocycles. The molecule has 0 bridgehead atoms. The van der Waals surface area contributed by atoms with Gasteiger partial charge in [0.15, 0.2) is 5.01 Å². The maximum atomic E-state index is 12.8. The molecule has 3 aromatic rings. The van der Waals surface area contributed by atoms with E-state index in [2.05, 4.69) is 20.9 Å². The molecule has 0 saturated carbocycles. The largest absolute Gasteiger partial charge is 0.480 e. The minimum atomic E-state index is -4.55. The fourth-order valence-corrected chi connectivity index (χ4v) is 3.99. The summed E-state index contributed by atoms with van der Waals surface area (Å²) in [6, 6.07) is 7.26. The van der Waals surface area contributed by atoms with Crippen LogP contribution >= 0.6 is 22.9 Å². The van der Waals surface area contributed by atoms with E-state index in [4.69, 9.17) is 11.6 Å². The van der Waals surface area contributed by atoms with Gasteiger partial charge in [-0.15, -0.1) is 11.3 Å². The number of benzene rings is 2. The second kappa shape index (κ2) is 11.0. The summed E-state index contributed by atoms with van der Waals surface area (Å²) in [6.45, 7) is 3.36. The molecule has 2 aromatic carbocycles. The van der Waals surface area contributed by atoms with E-state index < -0.39 is 35.7 Å². The Morgan fingerprint density at radius 3 is 2.28 bits per heavy atom. The Balaban J connectivity index is 1.63. The summed E-state index contributed by atoms with van der Waals surface area (Å²) in [6.07, 6.45) is -4.55. The van der Waals surface area contributed by atoms with Gasteiger partial charge in [0.25, 0.3) is 5.91 Å².